The highest BCUT2D eigenvalue weighted by Crippen LogP contribution is 2.23. The Balaban J connectivity index is 2.04. The maximum absolute atomic E-state index is 13.2. The van der Waals surface area contributed by atoms with Crippen LogP contribution in [-0.4, -0.2) is 38.2 Å². The Morgan fingerprint density at radius 2 is 1.69 bits per heavy atom. The van der Waals surface area contributed by atoms with Crippen molar-refractivity contribution < 1.29 is 4.79 Å². The minimum Gasteiger partial charge on any atom is -0.337 e. The fraction of sp³-hybridized carbons (Fsp3) is 0.318. The molecule has 0 aliphatic rings. The summed E-state index contributed by atoms with van der Waals surface area (Å²) in [6.07, 6.45) is 0. The van der Waals surface area contributed by atoms with Crippen LogP contribution < -0.4 is 5.56 Å². The largest absolute Gasteiger partial charge is 0.337 e. The summed E-state index contributed by atoms with van der Waals surface area (Å²) in [7, 11) is 0. The zero-order valence-electron chi connectivity index (χ0n) is 16.9. The highest BCUT2D eigenvalue weighted by molar-refractivity contribution is 7.99. The maximum atomic E-state index is 13.2. The zero-order chi connectivity index (χ0) is 21.1. The van der Waals surface area contributed by atoms with Gasteiger partial charge in [-0.3, -0.25) is 14.2 Å². The van der Waals surface area contributed by atoms with Gasteiger partial charge < -0.3 is 4.90 Å². The number of aromatic nitrogens is 2. The SMILES string of the molecule is CC(C)N(C(=O)CSc1nc2ccccc2c(=O)n1-c1ccc(Cl)cc1)C(C)C. The van der Waals surface area contributed by atoms with Crippen molar-refractivity contribution in [3.63, 3.8) is 0 Å². The molecule has 0 unspecified atom stereocenters. The van der Waals surface area contributed by atoms with Crippen LogP contribution in [0.2, 0.25) is 5.02 Å². The number of hydrogen-bond acceptors (Lipinski definition) is 4. The lowest BCUT2D eigenvalue weighted by molar-refractivity contribution is -0.131. The van der Waals surface area contributed by atoms with Gasteiger partial charge in [0.1, 0.15) is 0 Å². The number of carbonyl (C=O) groups excluding carboxylic acids is 1. The Bertz CT molecular complexity index is 1070. The number of hydrogen-bond donors (Lipinski definition) is 0. The molecule has 0 saturated carbocycles. The molecule has 0 saturated heterocycles. The van der Waals surface area contributed by atoms with E-state index in [4.69, 9.17) is 11.6 Å². The molecule has 0 radical (unpaired) electrons. The van der Waals surface area contributed by atoms with Crippen molar-refractivity contribution in [3.8, 4) is 5.69 Å². The average Bonchev–Trinajstić information content (AvgIpc) is 2.67. The molecule has 0 spiro atoms. The number of para-hydroxylation sites is 1. The lowest BCUT2D eigenvalue weighted by Crippen LogP contribution is -2.43. The Labute approximate surface area is 179 Å². The molecule has 0 aliphatic heterocycles. The molecule has 0 N–H and O–H groups in total. The van der Waals surface area contributed by atoms with E-state index in [2.05, 4.69) is 4.98 Å². The highest BCUT2D eigenvalue weighted by atomic mass is 35.5. The van der Waals surface area contributed by atoms with Crippen LogP contribution in [0.1, 0.15) is 27.7 Å². The Kier molecular flexibility index (Phi) is 6.65. The van der Waals surface area contributed by atoms with Crippen molar-refractivity contribution in [2.24, 2.45) is 0 Å². The zero-order valence-corrected chi connectivity index (χ0v) is 18.5. The molecule has 1 amide bonds. The molecule has 0 fully saturated rings. The molecule has 7 heteroatoms. The third-order valence-electron chi connectivity index (χ3n) is 4.56. The van der Waals surface area contributed by atoms with E-state index in [-0.39, 0.29) is 29.3 Å². The normalized spacial score (nSPS) is 11.4. The number of thioether (sulfide) groups is 1. The number of rotatable bonds is 6. The predicted molar refractivity (Wildman–Crippen MR) is 120 cm³/mol. The molecule has 3 aromatic rings. The van der Waals surface area contributed by atoms with Crippen molar-refractivity contribution in [2.45, 2.75) is 44.9 Å². The second-order valence-electron chi connectivity index (χ2n) is 7.31. The van der Waals surface area contributed by atoms with Gasteiger partial charge in [-0.05, 0) is 64.1 Å². The Morgan fingerprint density at radius 3 is 2.31 bits per heavy atom. The van der Waals surface area contributed by atoms with Gasteiger partial charge in [0, 0.05) is 17.1 Å². The van der Waals surface area contributed by atoms with E-state index in [0.29, 0.717) is 26.8 Å². The van der Waals surface area contributed by atoms with E-state index in [1.54, 1.807) is 34.9 Å². The maximum Gasteiger partial charge on any atom is 0.266 e. The van der Waals surface area contributed by atoms with Gasteiger partial charge >= 0.3 is 0 Å². The summed E-state index contributed by atoms with van der Waals surface area (Å²) >= 11 is 7.29. The molecule has 0 aliphatic carbocycles. The molecule has 29 heavy (non-hydrogen) atoms. The van der Waals surface area contributed by atoms with Gasteiger partial charge in [-0.2, -0.15) is 0 Å². The second kappa shape index (κ2) is 9.01. The summed E-state index contributed by atoms with van der Waals surface area (Å²) in [4.78, 5) is 32.5. The molecule has 0 bridgehead atoms. The smallest absolute Gasteiger partial charge is 0.266 e. The van der Waals surface area contributed by atoms with E-state index in [1.165, 1.54) is 11.8 Å². The standard InChI is InChI=1S/C22H24ClN3O2S/c1-14(2)25(15(3)4)20(27)13-29-22-24-19-8-6-5-7-18(19)21(28)26(22)17-11-9-16(23)10-12-17/h5-12,14-15H,13H2,1-4H3. The first-order chi connectivity index (χ1) is 13.8. The van der Waals surface area contributed by atoms with Gasteiger partial charge in [0.05, 0.1) is 22.3 Å². The van der Waals surface area contributed by atoms with E-state index in [0.717, 1.165) is 0 Å². The lowest BCUT2D eigenvalue weighted by atomic mass is 10.2. The third-order valence-corrected chi connectivity index (χ3v) is 5.73. The lowest BCUT2D eigenvalue weighted by Gasteiger charge is -2.30. The summed E-state index contributed by atoms with van der Waals surface area (Å²) in [5.41, 5.74) is 1.11. The van der Waals surface area contributed by atoms with Gasteiger partial charge in [-0.25, -0.2) is 4.98 Å². The first-order valence-electron chi connectivity index (χ1n) is 9.51. The van der Waals surface area contributed by atoms with Gasteiger partial charge in [0.15, 0.2) is 5.16 Å². The molecule has 1 heterocycles. The molecule has 152 valence electrons. The van der Waals surface area contributed by atoms with Gasteiger partial charge in [0.25, 0.3) is 5.56 Å². The van der Waals surface area contributed by atoms with Crippen LogP contribution in [0, 0.1) is 0 Å². The van der Waals surface area contributed by atoms with E-state index in [9.17, 15) is 9.59 Å². The first kappa shape index (κ1) is 21.4. The molecule has 5 nitrogen and oxygen atoms in total. The number of benzene rings is 2. The number of nitrogens with zero attached hydrogens (tertiary/aromatic N) is 3. The van der Waals surface area contributed by atoms with Crippen molar-refractivity contribution in [3.05, 3.63) is 63.9 Å². The molecule has 2 aromatic carbocycles. The fourth-order valence-electron chi connectivity index (χ4n) is 3.40. The molecular weight excluding hydrogens is 406 g/mol. The number of fused-ring (bicyclic) bond motifs is 1. The van der Waals surface area contributed by atoms with Crippen LogP contribution in [-0.2, 0) is 4.79 Å². The third kappa shape index (κ3) is 4.65. The number of halogens is 1. The second-order valence-corrected chi connectivity index (χ2v) is 8.68. The van der Waals surface area contributed by atoms with Crippen molar-refractivity contribution in [2.75, 3.05) is 5.75 Å². The Hall–Kier alpha value is -2.31. The van der Waals surface area contributed by atoms with Gasteiger partial charge in [-0.1, -0.05) is 35.5 Å². The summed E-state index contributed by atoms with van der Waals surface area (Å²) in [5, 5.41) is 1.60. The van der Waals surface area contributed by atoms with Crippen molar-refractivity contribution in [1.82, 2.24) is 14.5 Å². The summed E-state index contributed by atoms with van der Waals surface area (Å²) in [6, 6.07) is 14.5. The van der Waals surface area contributed by atoms with Crippen LogP contribution in [0.4, 0.5) is 0 Å². The highest BCUT2D eigenvalue weighted by Gasteiger charge is 2.21. The summed E-state index contributed by atoms with van der Waals surface area (Å²) in [5.74, 6) is 0.222. The molecule has 1 aromatic heterocycles. The predicted octanol–water partition coefficient (Wildman–Crippen LogP) is 4.78. The summed E-state index contributed by atoms with van der Waals surface area (Å²) in [6.45, 7) is 8.00. The topological polar surface area (TPSA) is 55.2 Å². The first-order valence-corrected chi connectivity index (χ1v) is 10.9. The molecule has 3 rings (SSSR count). The van der Waals surface area contributed by atoms with Gasteiger partial charge in [-0.15, -0.1) is 0 Å². The van der Waals surface area contributed by atoms with Crippen LogP contribution in [0.15, 0.2) is 58.5 Å². The van der Waals surface area contributed by atoms with E-state index < -0.39 is 0 Å². The minimum absolute atomic E-state index is 0.0186. The summed E-state index contributed by atoms with van der Waals surface area (Å²) < 4.78 is 1.55. The molecule has 0 atom stereocenters. The monoisotopic (exact) mass is 429 g/mol. The fourth-order valence-corrected chi connectivity index (χ4v) is 4.41. The molecular formula is C22H24ClN3O2S. The Morgan fingerprint density at radius 1 is 1.07 bits per heavy atom. The van der Waals surface area contributed by atoms with E-state index >= 15 is 0 Å². The van der Waals surface area contributed by atoms with Crippen molar-refractivity contribution >= 4 is 40.2 Å². The van der Waals surface area contributed by atoms with Crippen LogP contribution in [0.3, 0.4) is 0 Å². The number of amides is 1. The number of carbonyl (C=O) groups is 1. The quantitative estimate of drug-likeness (QED) is 0.418. The van der Waals surface area contributed by atoms with Crippen LogP contribution >= 0.6 is 23.4 Å². The van der Waals surface area contributed by atoms with Crippen LogP contribution in [0.25, 0.3) is 16.6 Å². The average molecular weight is 430 g/mol. The van der Waals surface area contributed by atoms with Gasteiger partial charge in [0.2, 0.25) is 5.91 Å². The minimum atomic E-state index is -0.169. The van der Waals surface area contributed by atoms with Crippen LogP contribution in [0.5, 0.6) is 0 Å². The van der Waals surface area contributed by atoms with Crippen molar-refractivity contribution in [1.29, 1.82) is 0 Å². The van der Waals surface area contributed by atoms with E-state index in [1.807, 2.05) is 50.8 Å².